The largest absolute Gasteiger partial charge is 0.573 e. The minimum absolute atomic E-state index is 0.168. The van der Waals surface area contributed by atoms with E-state index in [4.69, 9.17) is 5.73 Å². The number of likely N-dealkylation sites (tertiary alicyclic amines) is 1. The van der Waals surface area contributed by atoms with Crippen LogP contribution in [0.1, 0.15) is 48.8 Å². The first-order chi connectivity index (χ1) is 26.6. The average molecular weight is 758 g/mol. The number of nitrogens with two attached hydrogens (primary N) is 1. The van der Waals surface area contributed by atoms with E-state index in [1.807, 2.05) is 0 Å². The highest BCUT2D eigenvalue weighted by molar-refractivity contribution is 6.00. The first-order valence-electron chi connectivity index (χ1n) is 19.7. The van der Waals surface area contributed by atoms with Crippen molar-refractivity contribution in [3.05, 3.63) is 83.6 Å². The smallest absolute Gasteiger partial charge is 0.406 e. The predicted octanol–water partition coefficient (Wildman–Crippen LogP) is 5.71. The second kappa shape index (κ2) is 16.0. The average Bonchev–Trinajstić information content (AvgIpc) is 3.76. The molecule has 1 atom stereocenters. The summed E-state index contributed by atoms with van der Waals surface area (Å²) in [6, 6.07) is 19.0. The predicted molar refractivity (Wildman–Crippen MR) is 206 cm³/mol. The van der Waals surface area contributed by atoms with E-state index in [2.05, 4.69) is 76.8 Å². The Bertz CT molecular complexity index is 2000. The van der Waals surface area contributed by atoms with E-state index in [1.165, 1.54) is 34.5 Å². The van der Waals surface area contributed by atoms with Crippen molar-refractivity contribution in [1.29, 1.82) is 0 Å². The number of halogens is 3. The van der Waals surface area contributed by atoms with Crippen LogP contribution in [0.25, 0.3) is 22.0 Å². The Labute approximate surface area is 320 Å². The molecule has 0 aliphatic carbocycles. The molecule has 0 spiro atoms. The lowest BCUT2D eigenvalue weighted by molar-refractivity contribution is -0.274. The number of piperidine rings is 2. The molecule has 4 aromatic rings. The van der Waals surface area contributed by atoms with Crippen LogP contribution in [0.5, 0.6) is 5.75 Å². The first-order valence-corrected chi connectivity index (χ1v) is 19.7. The van der Waals surface area contributed by atoms with Gasteiger partial charge < -0.3 is 19.9 Å². The SMILES string of the molecule is NCCCn1cc(-c2ccc(OC(F)(F)F)cc2)c2cc(CN3CCC(CN4CCN(c5cccc6c5CN(C5CCC(=O)NC5=O)C6)CC4)CC3)ccc21. The zero-order valence-electron chi connectivity index (χ0n) is 31.2. The highest BCUT2D eigenvalue weighted by Gasteiger charge is 2.36. The van der Waals surface area contributed by atoms with Crippen molar-refractivity contribution in [2.24, 2.45) is 11.7 Å². The van der Waals surface area contributed by atoms with Crippen LogP contribution in [0, 0.1) is 5.92 Å². The third-order valence-electron chi connectivity index (χ3n) is 11.9. The van der Waals surface area contributed by atoms with Gasteiger partial charge in [-0.15, -0.1) is 13.2 Å². The van der Waals surface area contributed by atoms with E-state index in [0.717, 1.165) is 113 Å². The second-order valence-corrected chi connectivity index (χ2v) is 15.6. The number of anilines is 1. The van der Waals surface area contributed by atoms with E-state index < -0.39 is 6.36 Å². The van der Waals surface area contributed by atoms with Crippen LogP contribution in [-0.4, -0.2) is 95.8 Å². The summed E-state index contributed by atoms with van der Waals surface area (Å²) in [4.78, 5) is 34.2. The van der Waals surface area contributed by atoms with Crippen LogP contribution in [0.3, 0.4) is 0 Å². The number of ether oxygens (including phenoxy) is 1. The number of aryl methyl sites for hydroxylation is 1. The lowest BCUT2D eigenvalue weighted by Gasteiger charge is -2.40. The summed E-state index contributed by atoms with van der Waals surface area (Å²) in [6.07, 6.45) is 1.50. The zero-order chi connectivity index (χ0) is 38.1. The van der Waals surface area contributed by atoms with E-state index >= 15 is 0 Å². The highest BCUT2D eigenvalue weighted by Crippen LogP contribution is 2.36. The lowest BCUT2D eigenvalue weighted by Crippen LogP contribution is -2.51. The maximum absolute atomic E-state index is 12.8. The molecule has 0 saturated carbocycles. The zero-order valence-corrected chi connectivity index (χ0v) is 31.2. The van der Waals surface area contributed by atoms with Crippen LogP contribution >= 0.6 is 0 Å². The van der Waals surface area contributed by atoms with Gasteiger partial charge in [0.25, 0.3) is 0 Å². The lowest BCUT2D eigenvalue weighted by atomic mass is 9.95. The van der Waals surface area contributed by atoms with Gasteiger partial charge in [-0.05, 0) is 104 Å². The van der Waals surface area contributed by atoms with Crippen LogP contribution < -0.4 is 20.7 Å². The number of nitrogens with one attached hydrogen (secondary N) is 1. The molecule has 3 fully saturated rings. The number of hydrogen-bond acceptors (Lipinski definition) is 8. The standard InChI is InChI=1S/C42H50F3N7O3/c43-42(44,45)55-33-8-6-31(7-9-33)35-27-51(16-2-15-46)38-10-5-30(23-34(35)38)25-48-17-13-29(14-18-48)24-49-19-21-50(22-20-49)37-4-1-3-32-26-52(28-36(32)37)39-11-12-40(53)47-41(39)54/h1,3-10,23,27,29,39H,2,11-22,24-26,28,46H2,(H,47,53,54). The normalized spacial score (nSPS) is 20.7. The molecule has 10 nitrogen and oxygen atoms in total. The van der Waals surface area contributed by atoms with Crippen molar-refractivity contribution in [3.63, 3.8) is 0 Å². The molecule has 0 bridgehead atoms. The fourth-order valence-corrected chi connectivity index (χ4v) is 9.05. The fourth-order valence-electron chi connectivity index (χ4n) is 9.05. The Balaban J connectivity index is 0.845. The van der Waals surface area contributed by atoms with Crippen LogP contribution in [0.4, 0.5) is 18.9 Å². The van der Waals surface area contributed by atoms with E-state index in [1.54, 1.807) is 12.1 Å². The number of carbonyl (C=O) groups excluding carboxylic acids is 2. The van der Waals surface area contributed by atoms with Gasteiger partial charge in [-0.25, -0.2) is 0 Å². The summed E-state index contributed by atoms with van der Waals surface area (Å²) in [5, 5.41) is 3.60. The minimum Gasteiger partial charge on any atom is -0.406 e. The summed E-state index contributed by atoms with van der Waals surface area (Å²) >= 11 is 0. The molecule has 13 heteroatoms. The Morgan fingerprint density at radius 3 is 2.38 bits per heavy atom. The monoisotopic (exact) mass is 757 g/mol. The summed E-state index contributed by atoms with van der Waals surface area (Å²) in [6.45, 7) is 10.9. The number of alkyl halides is 3. The Morgan fingerprint density at radius 1 is 0.873 bits per heavy atom. The van der Waals surface area contributed by atoms with Crippen molar-refractivity contribution in [2.45, 2.75) is 70.7 Å². The number of fused-ring (bicyclic) bond motifs is 2. The summed E-state index contributed by atoms with van der Waals surface area (Å²) in [7, 11) is 0. The maximum Gasteiger partial charge on any atom is 0.573 e. The fraction of sp³-hybridized carbons (Fsp3) is 0.476. The van der Waals surface area contributed by atoms with Gasteiger partial charge in [0.05, 0.1) is 6.04 Å². The molecule has 2 amide bonds. The molecule has 5 heterocycles. The number of imide groups is 1. The number of benzene rings is 3. The van der Waals surface area contributed by atoms with Gasteiger partial charge in [0.2, 0.25) is 11.8 Å². The van der Waals surface area contributed by atoms with Gasteiger partial charge in [-0.2, -0.15) is 0 Å². The van der Waals surface area contributed by atoms with Gasteiger partial charge >= 0.3 is 6.36 Å². The molecule has 1 aromatic heterocycles. The third kappa shape index (κ3) is 8.55. The Kier molecular flexibility index (Phi) is 10.9. The molecule has 3 saturated heterocycles. The van der Waals surface area contributed by atoms with Crippen molar-refractivity contribution in [3.8, 4) is 16.9 Å². The van der Waals surface area contributed by atoms with Crippen LogP contribution in [0.2, 0.25) is 0 Å². The van der Waals surface area contributed by atoms with Gasteiger partial charge in [0.1, 0.15) is 5.75 Å². The molecule has 1 unspecified atom stereocenters. The van der Waals surface area contributed by atoms with E-state index in [-0.39, 0.29) is 23.6 Å². The molecule has 55 heavy (non-hydrogen) atoms. The number of aromatic nitrogens is 1. The molecular weight excluding hydrogens is 708 g/mol. The first kappa shape index (κ1) is 37.5. The third-order valence-corrected chi connectivity index (χ3v) is 11.9. The molecule has 292 valence electrons. The topological polar surface area (TPSA) is 99.3 Å². The van der Waals surface area contributed by atoms with E-state index in [0.29, 0.717) is 25.3 Å². The summed E-state index contributed by atoms with van der Waals surface area (Å²) < 4.78 is 44.6. The number of nitrogens with zero attached hydrogens (tertiary/aromatic N) is 5. The van der Waals surface area contributed by atoms with Crippen molar-refractivity contribution < 1.29 is 27.5 Å². The van der Waals surface area contributed by atoms with Crippen molar-refractivity contribution in [2.75, 3.05) is 57.3 Å². The van der Waals surface area contributed by atoms with Gasteiger partial charge in [0, 0.05) is 93.7 Å². The molecule has 4 aliphatic heterocycles. The number of amides is 2. The van der Waals surface area contributed by atoms with Crippen molar-refractivity contribution >= 4 is 28.4 Å². The minimum atomic E-state index is -4.73. The van der Waals surface area contributed by atoms with Gasteiger partial charge in [0.15, 0.2) is 0 Å². The van der Waals surface area contributed by atoms with Crippen LogP contribution in [-0.2, 0) is 35.8 Å². The summed E-state index contributed by atoms with van der Waals surface area (Å²) in [5.41, 5.74) is 13.9. The Morgan fingerprint density at radius 2 is 1.65 bits per heavy atom. The molecule has 0 radical (unpaired) electrons. The molecule has 8 rings (SSSR count). The summed E-state index contributed by atoms with van der Waals surface area (Å²) in [5.74, 6) is 0.0961. The highest BCUT2D eigenvalue weighted by atomic mass is 19.4. The number of piperazine rings is 1. The molecule has 4 aliphatic rings. The number of hydrogen-bond donors (Lipinski definition) is 2. The van der Waals surface area contributed by atoms with E-state index in [9.17, 15) is 22.8 Å². The molecular formula is C42H50F3N7O3. The Hall–Kier alpha value is -4.43. The molecule has 3 N–H and O–H groups in total. The number of rotatable bonds is 11. The van der Waals surface area contributed by atoms with Gasteiger partial charge in [-0.1, -0.05) is 30.3 Å². The maximum atomic E-state index is 12.8. The number of carbonyl (C=O) groups is 2. The van der Waals surface area contributed by atoms with Gasteiger partial charge in [-0.3, -0.25) is 29.6 Å². The quantitative estimate of drug-likeness (QED) is 0.188. The van der Waals surface area contributed by atoms with Crippen LogP contribution in [0.15, 0.2) is 66.9 Å². The molecule has 3 aromatic carbocycles. The second-order valence-electron chi connectivity index (χ2n) is 15.6. The van der Waals surface area contributed by atoms with Crippen molar-refractivity contribution in [1.82, 2.24) is 24.6 Å².